The van der Waals surface area contributed by atoms with Crippen LogP contribution >= 0.6 is 0 Å². The number of hydrogen-bond donors (Lipinski definition) is 0. The van der Waals surface area contributed by atoms with Gasteiger partial charge < -0.3 is 9.47 Å². The average molecular weight is 370 g/mol. The predicted octanol–water partition coefficient (Wildman–Crippen LogP) is 3.46. The summed E-state index contributed by atoms with van der Waals surface area (Å²) in [7, 11) is 0. The van der Waals surface area contributed by atoms with Crippen molar-refractivity contribution in [2.45, 2.75) is 12.2 Å². The van der Waals surface area contributed by atoms with Gasteiger partial charge in [0.25, 0.3) is 0 Å². The number of halogens is 4. The molecule has 5 nitrogen and oxygen atoms in total. The molecule has 0 N–H and O–H groups in total. The number of Topliss-reactive ketones (excluding diaryl/α,β-unsaturated/α-hetero) is 1. The lowest BCUT2D eigenvalue weighted by Gasteiger charge is -2.20. The summed E-state index contributed by atoms with van der Waals surface area (Å²) in [4.78, 5) is 34.4. The largest absolute Gasteiger partial charge is 0.474 e. The first-order valence-corrected chi connectivity index (χ1v) is 7.01. The van der Waals surface area contributed by atoms with E-state index >= 15 is 0 Å². The summed E-state index contributed by atoms with van der Waals surface area (Å²) in [5, 5.41) is 0. The van der Waals surface area contributed by atoms with E-state index in [0.717, 1.165) is 24.3 Å². The second-order valence-electron chi connectivity index (χ2n) is 4.87. The van der Waals surface area contributed by atoms with E-state index in [1.54, 1.807) is 0 Å². The quantitative estimate of drug-likeness (QED) is 0.575. The van der Waals surface area contributed by atoms with Crippen LogP contribution in [0.4, 0.5) is 17.6 Å². The number of ketones is 1. The third-order valence-corrected chi connectivity index (χ3v) is 2.99. The van der Waals surface area contributed by atoms with Crippen LogP contribution in [0.15, 0.2) is 60.7 Å². The summed E-state index contributed by atoms with van der Waals surface area (Å²) >= 11 is 0. The Labute approximate surface area is 144 Å². The topological polar surface area (TPSA) is 69.7 Å². The third kappa shape index (κ3) is 4.44. The number of ether oxygens (including phenoxy) is 2. The molecule has 2 rings (SSSR count). The van der Waals surface area contributed by atoms with Crippen molar-refractivity contribution in [3.05, 3.63) is 71.8 Å². The van der Waals surface area contributed by atoms with E-state index in [0.29, 0.717) is 0 Å². The van der Waals surface area contributed by atoms with Crippen LogP contribution in [0.5, 0.6) is 0 Å². The molecular weight excluding hydrogens is 360 g/mol. The maximum atomic E-state index is 13.6. The van der Waals surface area contributed by atoms with Gasteiger partial charge in [0.2, 0.25) is 0 Å². The first kappa shape index (κ1) is 19.1. The van der Waals surface area contributed by atoms with Crippen molar-refractivity contribution in [2.24, 2.45) is 0 Å². The number of carbonyl (C=O) groups excluding carboxylic acids is 3. The minimum Gasteiger partial charge on any atom is -0.391 e. The highest BCUT2D eigenvalue weighted by Crippen LogP contribution is 2.30. The average Bonchev–Trinajstić information content (AvgIpc) is 2.61. The van der Waals surface area contributed by atoms with Gasteiger partial charge in [0, 0.05) is 0 Å². The summed E-state index contributed by atoms with van der Waals surface area (Å²) in [5.41, 5.74) is -0.769. The van der Waals surface area contributed by atoms with Crippen molar-refractivity contribution in [3.63, 3.8) is 0 Å². The molecule has 0 aliphatic heterocycles. The van der Waals surface area contributed by atoms with Gasteiger partial charge in [-0.05, 0) is 24.3 Å². The van der Waals surface area contributed by atoms with Crippen molar-refractivity contribution in [1.82, 2.24) is 0 Å². The van der Waals surface area contributed by atoms with Gasteiger partial charge in [-0.15, -0.1) is 0 Å². The van der Waals surface area contributed by atoms with E-state index in [9.17, 15) is 31.9 Å². The molecule has 0 aromatic heterocycles. The van der Waals surface area contributed by atoms with Gasteiger partial charge >= 0.3 is 29.9 Å². The summed E-state index contributed by atoms with van der Waals surface area (Å²) in [6.45, 7) is 0. The highest BCUT2D eigenvalue weighted by atomic mass is 19.3. The Morgan fingerprint density at radius 3 is 1.23 bits per heavy atom. The third-order valence-electron chi connectivity index (χ3n) is 2.99. The van der Waals surface area contributed by atoms with Crippen molar-refractivity contribution < 1.29 is 41.4 Å². The summed E-state index contributed by atoms with van der Waals surface area (Å²) in [5.74, 6) is -6.58. The Kier molecular flexibility index (Phi) is 5.39. The molecule has 2 aromatic rings. The lowest BCUT2D eigenvalue weighted by Crippen LogP contribution is -2.47. The second kappa shape index (κ2) is 7.34. The zero-order valence-corrected chi connectivity index (χ0v) is 12.8. The van der Waals surface area contributed by atoms with Crippen LogP contribution < -0.4 is 0 Å². The smallest absolute Gasteiger partial charge is 0.391 e. The molecule has 9 heteroatoms. The normalized spacial score (nSPS) is 11.5. The Morgan fingerprint density at radius 1 is 0.615 bits per heavy atom. The molecule has 0 radical (unpaired) electrons. The summed E-state index contributed by atoms with van der Waals surface area (Å²) < 4.78 is 61.7. The molecule has 0 saturated carbocycles. The van der Waals surface area contributed by atoms with E-state index in [2.05, 4.69) is 9.47 Å². The molecule has 0 unspecified atom stereocenters. The number of carbonyl (C=O) groups is 3. The van der Waals surface area contributed by atoms with Crippen molar-refractivity contribution in [3.8, 4) is 0 Å². The molecule has 2 aromatic carbocycles. The van der Waals surface area contributed by atoms with E-state index in [4.69, 9.17) is 0 Å². The zero-order valence-electron chi connectivity index (χ0n) is 12.8. The number of rotatable bonds is 6. The SMILES string of the molecule is O=C(OC(F)(F)C(=O)C(F)(F)OC(=O)c1ccccc1)c1ccccc1. The molecule has 26 heavy (non-hydrogen) atoms. The Bertz CT molecular complexity index is 739. The lowest BCUT2D eigenvalue weighted by atomic mass is 10.2. The molecule has 0 fully saturated rings. The minimum absolute atomic E-state index is 0.385. The van der Waals surface area contributed by atoms with Gasteiger partial charge in [-0.25, -0.2) is 9.59 Å². The molecular formula is C17H10F4O5. The van der Waals surface area contributed by atoms with Crippen LogP contribution in [0.3, 0.4) is 0 Å². The molecule has 0 aliphatic rings. The van der Waals surface area contributed by atoms with Crippen molar-refractivity contribution >= 4 is 17.7 Å². The predicted molar refractivity (Wildman–Crippen MR) is 78.6 cm³/mol. The second-order valence-corrected chi connectivity index (χ2v) is 4.87. The van der Waals surface area contributed by atoms with Crippen molar-refractivity contribution in [1.29, 1.82) is 0 Å². The zero-order chi connectivity index (χ0) is 19.4. The number of alkyl halides is 4. The van der Waals surface area contributed by atoms with Crippen LogP contribution in [-0.4, -0.2) is 29.9 Å². The Balaban J connectivity index is 2.11. The van der Waals surface area contributed by atoms with Crippen LogP contribution in [-0.2, 0) is 14.3 Å². The van der Waals surface area contributed by atoms with Gasteiger partial charge in [0.1, 0.15) is 0 Å². The molecule has 0 amide bonds. The standard InChI is InChI=1S/C17H10F4O5/c18-16(19,25-13(22)11-7-3-1-4-8-11)15(24)17(20,21)26-14(23)12-9-5-2-6-10-12/h1-10H. The first-order chi connectivity index (χ1) is 12.1. The Morgan fingerprint density at radius 2 is 0.923 bits per heavy atom. The summed E-state index contributed by atoms with van der Waals surface area (Å²) in [6, 6.07) is 12.5. The van der Waals surface area contributed by atoms with Crippen molar-refractivity contribution in [2.75, 3.05) is 0 Å². The maximum Gasteiger partial charge on any atom is 0.474 e. The molecule has 0 bridgehead atoms. The fourth-order valence-corrected chi connectivity index (χ4v) is 1.76. The van der Waals surface area contributed by atoms with E-state index in [-0.39, 0.29) is 11.1 Å². The summed E-state index contributed by atoms with van der Waals surface area (Å²) in [6.07, 6.45) is -10.4. The minimum atomic E-state index is -5.21. The highest BCUT2D eigenvalue weighted by molar-refractivity contribution is 5.97. The van der Waals surface area contributed by atoms with Crippen LogP contribution in [0.2, 0.25) is 0 Å². The van der Waals surface area contributed by atoms with Crippen LogP contribution in [0.1, 0.15) is 20.7 Å². The first-order valence-electron chi connectivity index (χ1n) is 7.01. The fourth-order valence-electron chi connectivity index (χ4n) is 1.76. The van der Waals surface area contributed by atoms with Gasteiger partial charge in [0.15, 0.2) is 0 Å². The monoisotopic (exact) mass is 370 g/mol. The highest BCUT2D eigenvalue weighted by Gasteiger charge is 2.60. The van der Waals surface area contributed by atoms with Gasteiger partial charge in [-0.1, -0.05) is 36.4 Å². The van der Waals surface area contributed by atoms with E-state index in [1.807, 2.05) is 0 Å². The van der Waals surface area contributed by atoms with E-state index in [1.165, 1.54) is 36.4 Å². The number of esters is 2. The molecule has 0 saturated heterocycles. The van der Waals surface area contributed by atoms with Gasteiger partial charge in [0.05, 0.1) is 11.1 Å². The van der Waals surface area contributed by atoms with Gasteiger partial charge in [-0.3, -0.25) is 4.79 Å². The molecule has 0 spiro atoms. The molecule has 0 aliphatic carbocycles. The van der Waals surface area contributed by atoms with Gasteiger partial charge in [-0.2, -0.15) is 17.6 Å². The van der Waals surface area contributed by atoms with E-state index < -0.39 is 29.9 Å². The Hall–Kier alpha value is -3.23. The molecule has 136 valence electrons. The molecule has 0 atom stereocenters. The fraction of sp³-hybridized carbons (Fsp3) is 0.118. The number of benzene rings is 2. The van der Waals surface area contributed by atoms with Crippen LogP contribution in [0, 0.1) is 0 Å². The molecule has 0 heterocycles. The number of hydrogen-bond acceptors (Lipinski definition) is 5. The van der Waals surface area contributed by atoms with Crippen LogP contribution in [0.25, 0.3) is 0 Å². The lowest BCUT2D eigenvalue weighted by molar-refractivity contribution is -0.256. The maximum absolute atomic E-state index is 13.6.